The van der Waals surface area contributed by atoms with Crippen LogP contribution >= 0.6 is 0 Å². The van der Waals surface area contributed by atoms with Crippen LogP contribution in [-0.2, 0) is 16.0 Å². The topological polar surface area (TPSA) is 67.9 Å². The van der Waals surface area contributed by atoms with Crippen molar-refractivity contribution in [2.75, 3.05) is 13.2 Å². The number of benzene rings is 1. The predicted octanol–water partition coefficient (Wildman–Crippen LogP) is 4.12. The molecule has 0 amide bonds. The van der Waals surface area contributed by atoms with Gasteiger partial charge >= 0.3 is 0 Å². The maximum absolute atomic E-state index is 12.0. The van der Waals surface area contributed by atoms with Crippen LogP contribution in [0.1, 0.15) is 24.5 Å². The van der Waals surface area contributed by atoms with E-state index in [1.165, 1.54) is 5.57 Å². The monoisotopic (exact) mass is 359 g/mol. The largest absolute Gasteiger partial charge is 0.377 e. The van der Waals surface area contributed by atoms with Gasteiger partial charge in [0, 0.05) is 23.7 Å². The third-order valence-electron chi connectivity index (χ3n) is 4.82. The van der Waals surface area contributed by atoms with Crippen molar-refractivity contribution in [3.8, 4) is 11.3 Å². The van der Waals surface area contributed by atoms with E-state index in [1.807, 2.05) is 30.5 Å². The molecule has 3 aromatic rings. The summed E-state index contributed by atoms with van der Waals surface area (Å²) < 4.78 is 5.44. The minimum Gasteiger partial charge on any atom is -0.377 e. The van der Waals surface area contributed by atoms with Gasteiger partial charge in [0.25, 0.3) is 0 Å². The fourth-order valence-electron chi connectivity index (χ4n) is 3.37. The molecular weight excluding hydrogens is 338 g/mol. The van der Waals surface area contributed by atoms with Crippen molar-refractivity contribution in [3.63, 3.8) is 0 Å². The number of hydrogen-bond acceptors (Lipinski definition) is 4. The van der Waals surface area contributed by atoms with Crippen molar-refractivity contribution < 1.29 is 9.53 Å². The Hall–Kier alpha value is -3.05. The van der Waals surface area contributed by atoms with Crippen molar-refractivity contribution >= 4 is 22.4 Å². The Morgan fingerprint density at radius 3 is 3.00 bits per heavy atom. The van der Waals surface area contributed by atoms with Gasteiger partial charge in [0.2, 0.25) is 0 Å². The van der Waals surface area contributed by atoms with E-state index in [2.05, 4.69) is 27.6 Å². The number of ether oxygens (including phenoxy) is 1. The van der Waals surface area contributed by atoms with Crippen molar-refractivity contribution in [2.24, 2.45) is 0 Å². The molecule has 136 valence electrons. The molecule has 0 bridgehead atoms. The van der Waals surface area contributed by atoms with Gasteiger partial charge < -0.3 is 9.72 Å². The van der Waals surface area contributed by atoms with Gasteiger partial charge in [-0.05, 0) is 36.1 Å². The van der Waals surface area contributed by atoms with Gasteiger partial charge in [0.1, 0.15) is 12.0 Å². The van der Waals surface area contributed by atoms with E-state index < -0.39 is 0 Å². The summed E-state index contributed by atoms with van der Waals surface area (Å²) in [5, 5.41) is 1.01. The Morgan fingerprint density at radius 2 is 2.22 bits per heavy atom. The Kier molecular flexibility index (Phi) is 4.69. The van der Waals surface area contributed by atoms with Gasteiger partial charge in [-0.3, -0.25) is 4.79 Å². The van der Waals surface area contributed by atoms with Crippen molar-refractivity contribution in [3.05, 3.63) is 66.1 Å². The molecule has 1 aliphatic rings. The Bertz CT molecular complexity index is 1060. The third kappa shape index (κ3) is 3.46. The number of aromatic amines is 1. The zero-order chi connectivity index (χ0) is 18.8. The number of nitrogens with zero attached hydrogens (tertiary/aromatic N) is 2. The highest BCUT2D eigenvalue weighted by atomic mass is 16.5. The number of H-pyrrole nitrogens is 1. The average molecular weight is 359 g/mol. The molecule has 3 heterocycles. The quantitative estimate of drug-likeness (QED) is 0.696. The number of Topliss-reactive ketones (excluding diaryl/α,β-unsaturated/α-hetero) is 1. The van der Waals surface area contributed by atoms with Crippen molar-refractivity contribution in [2.45, 2.75) is 19.8 Å². The number of fused-ring (bicyclic) bond motifs is 1. The first-order chi connectivity index (χ1) is 13.1. The summed E-state index contributed by atoms with van der Waals surface area (Å²) in [7, 11) is 0. The van der Waals surface area contributed by atoms with Crippen LogP contribution in [0.5, 0.6) is 0 Å². The standard InChI is InChI=1S/C22H21N3O2/c1-14(2)19(26)11-15-4-3-5-17(10-15)21-20-18(16-6-8-27-9-7-16)12-23-22(20)25-13-24-21/h3-6,10,12-13H,1,7-9,11H2,2H3,(H,23,24,25). The number of ketones is 1. The maximum Gasteiger partial charge on any atom is 0.162 e. The molecule has 0 saturated carbocycles. The lowest BCUT2D eigenvalue weighted by Gasteiger charge is -2.14. The zero-order valence-electron chi connectivity index (χ0n) is 15.3. The number of aromatic nitrogens is 3. The van der Waals surface area contributed by atoms with Gasteiger partial charge in [0.15, 0.2) is 5.78 Å². The number of carbonyl (C=O) groups is 1. The fraction of sp³-hybridized carbons (Fsp3) is 0.227. The molecule has 0 aliphatic carbocycles. The van der Waals surface area contributed by atoms with Crippen LogP contribution in [0.2, 0.25) is 0 Å². The molecule has 0 unspecified atom stereocenters. The summed E-state index contributed by atoms with van der Waals surface area (Å²) in [5.41, 5.74) is 6.55. The SMILES string of the molecule is C=C(C)C(=O)Cc1cccc(-c2ncnc3[nH]cc(C4=CCOCC4)c23)c1. The molecule has 5 nitrogen and oxygen atoms in total. The Balaban J connectivity index is 1.80. The van der Waals surface area contributed by atoms with E-state index in [4.69, 9.17) is 4.74 Å². The summed E-state index contributed by atoms with van der Waals surface area (Å²) in [4.78, 5) is 24.3. The molecule has 0 saturated heterocycles. The highest BCUT2D eigenvalue weighted by Gasteiger charge is 2.17. The molecule has 1 aromatic carbocycles. The first-order valence-corrected chi connectivity index (χ1v) is 9.00. The number of hydrogen-bond donors (Lipinski definition) is 1. The van der Waals surface area contributed by atoms with Crippen LogP contribution in [0, 0.1) is 0 Å². The number of allylic oxidation sites excluding steroid dienone is 1. The normalized spacial score (nSPS) is 14.2. The second kappa shape index (κ2) is 7.29. The summed E-state index contributed by atoms with van der Waals surface area (Å²) in [6, 6.07) is 7.97. The lowest BCUT2D eigenvalue weighted by Crippen LogP contribution is -2.04. The lowest BCUT2D eigenvalue weighted by atomic mass is 9.97. The molecule has 0 spiro atoms. The van der Waals surface area contributed by atoms with Gasteiger partial charge in [0.05, 0.1) is 24.3 Å². The minimum atomic E-state index is 0.0506. The van der Waals surface area contributed by atoms with E-state index in [0.29, 0.717) is 18.6 Å². The molecule has 4 rings (SSSR count). The van der Waals surface area contributed by atoms with Gasteiger partial charge in [-0.2, -0.15) is 0 Å². The number of carbonyl (C=O) groups excluding carboxylic acids is 1. The summed E-state index contributed by atoms with van der Waals surface area (Å²) in [6.07, 6.45) is 6.90. The second-order valence-corrected chi connectivity index (χ2v) is 6.78. The first kappa shape index (κ1) is 17.4. The Morgan fingerprint density at radius 1 is 1.33 bits per heavy atom. The predicted molar refractivity (Wildman–Crippen MR) is 106 cm³/mol. The van der Waals surface area contributed by atoms with Crippen LogP contribution in [0.4, 0.5) is 0 Å². The minimum absolute atomic E-state index is 0.0506. The maximum atomic E-state index is 12.0. The Labute approximate surface area is 157 Å². The van der Waals surface area contributed by atoms with E-state index in [1.54, 1.807) is 13.3 Å². The third-order valence-corrected chi connectivity index (χ3v) is 4.82. The smallest absolute Gasteiger partial charge is 0.162 e. The number of rotatable bonds is 5. The molecule has 1 N–H and O–H groups in total. The molecular formula is C22H21N3O2. The molecule has 2 aromatic heterocycles. The van der Waals surface area contributed by atoms with E-state index in [0.717, 1.165) is 46.4 Å². The van der Waals surface area contributed by atoms with E-state index in [-0.39, 0.29) is 5.78 Å². The fourth-order valence-corrected chi connectivity index (χ4v) is 3.37. The van der Waals surface area contributed by atoms with E-state index in [9.17, 15) is 4.79 Å². The summed E-state index contributed by atoms with van der Waals surface area (Å²) in [6.45, 7) is 6.83. The molecule has 27 heavy (non-hydrogen) atoms. The van der Waals surface area contributed by atoms with Gasteiger partial charge in [-0.25, -0.2) is 9.97 Å². The molecule has 0 fully saturated rings. The van der Waals surface area contributed by atoms with Crippen molar-refractivity contribution in [1.82, 2.24) is 15.0 Å². The van der Waals surface area contributed by atoms with Gasteiger partial charge in [-0.15, -0.1) is 0 Å². The van der Waals surface area contributed by atoms with Crippen LogP contribution in [0.25, 0.3) is 27.9 Å². The molecule has 0 atom stereocenters. The van der Waals surface area contributed by atoms with Crippen LogP contribution in [-0.4, -0.2) is 33.9 Å². The average Bonchev–Trinajstić information content (AvgIpc) is 3.13. The molecule has 0 radical (unpaired) electrons. The number of nitrogens with one attached hydrogen (secondary N) is 1. The summed E-state index contributed by atoms with van der Waals surface area (Å²) >= 11 is 0. The van der Waals surface area contributed by atoms with Crippen LogP contribution < -0.4 is 0 Å². The van der Waals surface area contributed by atoms with Crippen molar-refractivity contribution in [1.29, 1.82) is 0 Å². The molecule has 1 aliphatic heterocycles. The highest BCUT2D eigenvalue weighted by Crippen LogP contribution is 2.34. The lowest BCUT2D eigenvalue weighted by molar-refractivity contribution is -0.114. The highest BCUT2D eigenvalue weighted by molar-refractivity contribution is 6.00. The molecule has 5 heteroatoms. The summed E-state index contributed by atoms with van der Waals surface area (Å²) in [5.74, 6) is 0.0506. The zero-order valence-corrected chi connectivity index (χ0v) is 15.3. The second-order valence-electron chi connectivity index (χ2n) is 6.78. The van der Waals surface area contributed by atoms with Gasteiger partial charge in [-0.1, -0.05) is 30.9 Å². The first-order valence-electron chi connectivity index (χ1n) is 9.00. The van der Waals surface area contributed by atoms with Crippen LogP contribution in [0.3, 0.4) is 0 Å². The van der Waals surface area contributed by atoms with Crippen LogP contribution in [0.15, 0.2) is 55.0 Å². The van der Waals surface area contributed by atoms with E-state index >= 15 is 0 Å².